The minimum Gasteiger partial charge on any atom is -0.507 e. The molecule has 0 bridgehead atoms. The van der Waals surface area contributed by atoms with E-state index in [2.05, 4.69) is 52.9 Å². The Labute approximate surface area is 157 Å². The second-order valence-corrected chi connectivity index (χ2v) is 9.16. The zero-order valence-corrected chi connectivity index (χ0v) is 17.2. The summed E-state index contributed by atoms with van der Waals surface area (Å²) in [6.07, 6.45) is 0. The Balaban J connectivity index is 2.46. The first-order chi connectivity index (χ1) is 11.8. The molecule has 0 heterocycles. The number of hydrogen-bond acceptors (Lipinski definition) is 2. The van der Waals surface area contributed by atoms with E-state index < -0.39 is 0 Å². The number of hydrogen-bond donors (Lipinski definition) is 2. The number of aromatic hydroxyl groups is 1. The van der Waals surface area contributed by atoms with E-state index in [1.54, 1.807) is 6.07 Å². The summed E-state index contributed by atoms with van der Waals surface area (Å²) >= 11 is 0. The zero-order valence-electron chi connectivity index (χ0n) is 17.2. The molecule has 3 nitrogen and oxygen atoms in total. The van der Waals surface area contributed by atoms with Gasteiger partial charge in [0.25, 0.3) is 5.91 Å². The first-order valence-electron chi connectivity index (χ1n) is 9.07. The van der Waals surface area contributed by atoms with E-state index in [1.165, 1.54) is 11.1 Å². The fraction of sp³-hybridized carbons (Fsp3) is 0.435. The van der Waals surface area contributed by atoms with Gasteiger partial charge in [-0.2, -0.15) is 0 Å². The third-order valence-electron chi connectivity index (χ3n) is 4.87. The fourth-order valence-corrected chi connectivity index (χ4v) is 2.75. The molecule has 1 amide bonds. The van der Waals surface area contributed by atoms with Gasteiger partial charge in [0.15, 0.2) is 0 Å². The molecule has 0 saturated carbocycles. The molecule has 0 spiro atoms. The Morgan fingerprint density at radius 1 is 0.885 bits per heavy atom. The number of carbonyl (C=O) groups is 1. The van der Waals surface area contributed by atoms with Gasteiger partial charge in [0.05, 0.1) is 5.56 Å². The molecule has 0 aliphatic heterocycles. The van der Waals surface area contributed by atoms with Gasteiger partial charge >= 0.3 is 0 Å². The molecule has 0 aliphatic carbocycles. The second kappa shape index (κ2) is 6.79. The van der Waals surface area contributed by atoms with Gasteiger partial charge in [-0.25, -0.2) is 0 Å². The molecule has 3 heteroatoms. The summed E-state index contributed by atoms with van der Waals surface area (Å²) in [5.41, 5.74) is 5.04. The SMILES string of the molecule is Cc1ccc(C(=O)Nc2cc(C(C)(C)C)cc(C(C)(C)C)c2)c(O)c1C. The average Bonchev–Trinajstić information content (AvgIpc) is 2.50. The maximum Gasteiger partial charge on any atom is 0.259 e. The Bertz CT molecular complexity index is 804. The molecule has 0 aromatic heterocycles. The van der Waals surface area contributed by atoms with Crippen molar-refractivity contribution in [2.24, 2.45) is 0 Å². The van der Waals surface area contributed by atoms with Crippen LogP contribution < -0.4 is 5.32 Å². The summed E-state index contributed by atoms with van der Waals surface area (Å²) < 4.78 is 0. The highest BCUT2D eigenvalue weighted by atomic mass is 16.3. The van der Waals surface area contributed by atoms with E-state index in [0.717, 1.165) is 16.8 Å². The number of phenolic OH excluding ortho intramolecular Hbond substituents is 1. The minimum atomic E-state index is -0.295. The topological polar surface area (TPSA) is 49.3 Å². The molecular weight excluding hydrogens is 322 g/mol. The van der Waals surface area contributed by atoms with Crippen molar-refractivity contribution in [3.63, 3.8) is 0 Å². The number of phenols is 1. The smallest absolute Gasteiger partial charge is 0.259 e. The van der Waals surface area contributed by atoms with Crippen molar-refractivity contribution < 1.29 is 9.90 Å². The third-order valence-corrected chi connectivity index (χ3v) is 4.87. The number of carbonyl (C=O) groups excluding carboxylic acids is 1. The van der Waals surface area contributed by atoms with Crippen LogP contribution in [0.25, 0.3) is 0 Å². The van der Waals surface area contributed by atoms with Gasteiger partial charge in [0.2, 0.25) is 0 Å². The summed E-state index contributed by atoms with van der Waals surface area (Å²) in [5.74, 6) is -0.248. The second-order valence-electron chi connectivity index (χ2n) is 9.16. The number of nitrogens with one attached hydrogen (secondary N) is 1. The molecule has 26 heavy (non-hydrogen) atoms. The van der Waals surface area contributed by atoms with Crippen molar-refractivity contribution in [1.29, 1.82) is 0 Å². The number of rotatable bonds is 2. The third kappa shape index (κ3) is 4.27. The molecule has 0 radical (unpaired) electrons. The van der Waals surface area contributed by atoms with Crippen LogP contribution in [0.5, 0.6) is 5.75 Å². The molecular formula is C23H31NO2. The molecule has 0 fully saturated rings. The predicted molar refractivity (Wildman–Crippen MR) is 109 cm³/mol. The van der Waals surface area contributed by atoms with Crippen LogP contribution >= 0.6 is 0 Å². The van der Waals surface area contributed by atoms with E-state index in [4.69, 9.17) is 0 Å². The molecule has 0 unspecified atom stereocenters. The van der Waals surface area contributed by atoms with Crippen molar-refractivity contribution in [2.75, 3.05) is 5.32 Å². The highest BCUT2D eigenvalue weighted by Crippen LogP contribution is 2.33. The van der Waals surface area contributed by atoms with Crippen LogP contribution in [0.1, 0.15) is 74.2 Å². The Kier molecular flexibility index (Phi) is 5.23. The van der Waals surface area contributed by atoms with E-state index >= 15 is 0 Å². The molecule has 0 aliphatic rings. The van der Waals surface area contributed by atoms with Crippen molar-refractivity contribution in [3.05, 3.63) is 58.1 Å². The monoisotopic (exact) mass is 353 g/mol. The molecule has 2 aromatic carbocycles. The van der Waals surface area contributed by atoms with Gasteiger partial charge in [0, 0.05) is 5.69 Å². The normalized spacial score (nSPS) is 12.2. The standard InChI is InChI=1S/C23H31NO2/c1-14-9-10-19(20(25)15(14)2)21(26)24-18-12-16(22(3,4)5)11-17(13-18)23(6,7)8/h9-13,25H,1-8H3,(H,24,26). The lowest BCUT2D eigenvalue weighted by Gasteiger charge is -2.26. The zero-order chi connectivity index (χ0) is 19.9. The lowest BCUT2D eigenvalue weighted by Crippen LogP contribution is -2.19. The number of anilines is 1. The van der Waals surface area contributed by atoms with Gasteiger partial charge in [-0.1, -0.05) is 53.7 Å². The van der Waals surface area contributed by atoms with Gasteiger partial charge in [-0.15, -0.1) is 0 Å². The van der Waals surface area contributed by atoms with E-state index in [1.807, 2.05) is 32.0 Å². The van der Waals surface area contributed by atoms with Crippen molar-refractivity contribution in [3.8, 4) is 5.75 Å². The summed E-state index contributed by atoms with van der Waals surface area (Å²) in [6, 6.07) is 9.78. The molecule has 2 rings (SSSR count). The largest absolute Gasteiger partial charge is 0.507 e. The van der Waals surface area contributed by atoms with Gasteiger partial charge < -0.3 is 10.4 Å². The van der Waals surface area contributed by atoms with Gasteiger partial charge in [0.1, 0.15) is 5.75 Å². The summed E-state index contributed by atoms with van der Waals surface area (Å²) in [5, 5.41) is 13.3. The lowest BCUT2D eigenvalue weighted by atomic mass is 9.80. The van der Waals surface area contributed by atoms with Crippen LogP contribution in [0, 0.1) is 13.8 Å². The highest BCUT2D eigenvalue weighted by Gasteiger charge is 2.22. The van der Waals surface area contributed by atoms with Crippen LogP contribution in [0.2, 0.25) is 0 Å². The molecule has 140 valence electrons. The van der Waals surface area contributed by atoms with Crippen LogP contribution in [0.15, 0.2) is 30.3 Å². The van der Waals surface area contributed by atoms with Crippen molar-refractivity contribution in [2.45, 2.75) is 66.2 Å². The Hall–Kier alpha value is -2.29. The quantitative estimate of drug-likeness (QED) is 0.711. The van der Waals surface area contributed by atoms with Crippen LogP contribution in [-0.2, 0) is 10.8 Å². The highest BCUT2D eigenvalue weighted by molar-refractivity contribution is 6.06. The Morgan fingerprint density at radius 3 is 1.85 bits per heavy atom. The van der Waals surface area contributed by atoms with E-state index in [0.29, 0.717) is 5.56 Å². The molecule has 0 saturated heterocycles. The number of benzene rings is 2. The molecule has 2 aromatic rings. The lowest BCUT2D eigenvalue weighted by molar-refractivity contribution is 0.102. The van der Waals surface area contributed by atoms with Crippen molar-refractivity contribution in [1.82, 2.24) is 0 Å². The minimum absolute atomic E-state index is 0.0245. The number of amides is 1. The maximum absolute atomic E-state index is 12.7. The van der Waals surface area contributed by atoms with Crippen LogP contribution in [0.3, 0.4) is 0 Å². The summed E-state index contributed by atoms with van der Waals surface area (Å²) in [6.45, 7) is 16.7. The molecule has 0 atom stereocenters. The van der Waals surface area contributed by atoms with Crippen LogP contribution in [-0.4, -0.2) is 11.0 Å². The van der Waals surface area contributed by atoms with Crippen molar-refractivity contribution >= 4 is 11.6 Å². The van der Waals surface area contributed by atoms with Gasteiger partial charge in [-0.3, -0.25) is 4.79 Å². The summed E-state index contributed by atoms with van der Waals surface area (Å²) in [4.78, 5) is 12.7. The predicted octanol–water partition coefficient (Wildman–Crippen LogP) is 5.86. The molecule has 2 N–H and O–H groups in total. The van der Waals surface area contributed by atoms with Gasteiger partial charge in [-0.05, 0) is 65.1 Å². The Morgan fingerprint density at radius 2 is 1.38 bits per heavy atom. The first-order valence-corrected chi connectivity index (χ1v) is 9.07. The fourth-order valence-electron chi connectivity index (χ4n) is 2.75. The average molecular weight is 354 g/mol. The first kappa shape index (κ1) is 20.0. The summed E-state index contributed by atoms with van der Waals surface area (Å²) in [7, 11) is 0. The van der Waals surface area contributed by atoms with E-state index in [9.17, 15) is 9.90 Å². The van der Waals surface area contributed by atoms with Crippen LogP contribution in [0.4, 0.5) is 5.69 Å². The maximum atomic E-state index is 12.7. The number of aryl methyl sites for hydroxylation is 1. The van der Waals surface area contributed by atoms with E-state index in [-0.39, 0.29) is 22.5 Å².